The van der Waals surface area contributed by atoms with Gasteiger partial charge in [0, 0.05) is 27.1 Å². The average Bonchev–Trinajstić information content (AvgIpc) is 3.30. The van der Waals surface area contributed by atoms with Crippen LogP contribution >= 0.6 is 31.9 Å². The summed E-state index contributed by atoms with van der Waals surface area (Å²) < 4.78 is 10.7. The van der Waals surface area contributed by atoms with Crippen LogP contribution in [0.2, 0.25) is 0 Å². The maximum Gasteiger partial charge on any atom is 0.229 e. The lowest BCUT2D eigenvalue weighted by Gasteiger charge is -2.42. The van der Waals surface area contributed by atoms with E-state index in [1.54, 1.807) is 6.33 Å². The summed E-state index contributed by atoms with van der Waals surface area (Å²) in [5, 5.41) is 4.63. The summed E-state index contributed by atoms with van der Waals surface area (Å²) in [7, 11) is 2.05. The maximum atomic E-state index is 6.67. The number of benzene rings is 3. The van der Waals surface area contributed by atoms with E-state index < -0.39 is 0 Å². The quantitative estimate of drug-likeness (QED) is 0.291. The summed E-state index contributed by atoms with van der Waals surface area (Å²) in [5.41, 5.74) is 5.55. The second-order valence-electron chi connectivity index (χ2n) is 7.87. The number of nitrogens with zero attached hydrogens (tertiary/aromatic N) is 4. The minimum atomic E-state index is -0.263. The van der Waals surface area contributed by atoms with Crippen LogP contribution < -0.4 is 9.64 Å². The molecule has 0 saturated carbocycles. The largest absolute Gasteiger partial charge is 0.480 e. The molecule has 6 rings (SSSR count). The van der Waals surface area contributed by atoms with E-state index in [2.05, 4.69) is 108 Å². The number of halogens is 2. The van der Waals surface area contributed by atoms with Crippen molar-refractivity contribution in [2.24, 2.45) is 0 Å². The summed E-state index contributed by atoms with van der Waals surface area (Å²) >= 11 is 7.12. The smallest absolute Gasteiger partial charge is 0.229 e. The third-order valence-electron chi connectivity index (χ3n) is 6.03. The first-order chi connectivity index (χ1) is 15.6. The lowest BCUT2D eigenvalue weighted by Crippen LogP contribution is -2.37. The van der Waals surface area contributed by atoms with Crippen molar-refractivity contribution in [3.63, 3.8) is 0 Å². The van der Waals surface area contributed by atoms with Gasteiger partial charge in [-0.15, -0.1) is 0 Å². The minimum absolute atomic E-state index is 0.145. The number of anilines is 1. The predicted molar refractivity (Wildman–Crippen MR) is 132 cm³/mol. The molecule has 0 saturated heterocycles. The van der Waals surface area contributed by atoms with Gasteiger partial charge in [-0.2, -0.15) is 10.1 Å². The first-order valence-corrected chi connectivity index (χ1v) is 11.8. The van der Waals surface area contributed by atoms with E-state index in [1.165, 1.54) is 0 Å². The van der Waals surface area contributed by atoms with Gasteiger partial charge in [0.05, 0.1) is 5.70 Å². The molecule has 0 bridgehead atoms. The van der Waals surface area contributed by atoms with Crippen LogP contribution in [-0.2, 0) is 0 Å². The van der Waals surface area contributed by atoms with E-state index >= 15 is 0 Å². The number of para-hydroxylation sites is 1. The Morgan fingerprint density at radius 2 is 1.50 bits per heavy atom. The van der Waals surface area contributed by atoms with Crippen molar-refractivity contribution in [2.45, 2.75) is 12.1 Å². The number of ether oxygens (including phenoxy) is 1. The lowest BCUT2D eigenvalue weighted by molar-refractivity contribution is 0.222. The second-order valence-corrected chi connectivity index (χ2v) is 9.70. The lowest BCUT2D eigenvalue weighted by atomic mass is 9.84. The number of fused-ring (bicyclic) bond motifs is 3. The molecule has 0 N–H and O–H groups in total. The molecule has 0 unspecified atom stereocenters. The highest BCUT2D eigenvalue weighted by Gasteiger charge is 2.42. The third kappa shape index (κ3) is 3.03. The molecule has 0 spiro atoms. The Bertz CT molecular complexity index is 1350. The standard InChI is InChI=1S/C25H18Br2N4O/c1-30-23-19-4-2-3-5-20(19)32-24(16-8-12-18(27)13-9-16)21(23)22(31-25(30)28-14-29-31)15-6-10-17(26)11-7-15/h2-14,22,24H,1H3/t22-,24+/m1/s1. The molecule has 2 aliphatic heterocycles. The highest BCUT2D eigenvalue weighted by molar-refractivity contribution is 9.10. The fourth-order valence-electron chi connectivity index (χ4n) is 4.63. The molecule has 2 atom stereocenters. The molecule has 32 heavy (non-hydrogen) atoms. The van der Waals surface area contributed by atoms with Gasteiger partial charge >= 0.3 is 0 Å². The molecule has 3 aromatic carbocycles. The molecule has 2 aliphatic rings. The first-order valence-electron chi connectivity index (χ1n) is 10.3. The summed E-state index contributed by atoms with van der Waals surface area (Å²) in [4.78, 5) is 6.72. The topological polar surface area (TPSA) is 43.2 Å². The Morgan fingerprint density at radius 1 is 0.844 bits per heavy atom. The van der Waals surface area contributed by atoms with Gasteiger partial charge in [-0.1, -0.05) is 68.3 Å². The van der Waals surface area contributed by atoms with Gasteiger partial charge in [-0.25, -0.2) is 4.68 Å². The van der Waals surface area contributed by atoms with Gasteiger partial charge in [0.15, 0.2) is 0 Å². The summed E-state index contributed by atoms with van der Waals surface area (Å²) in [5.74, 6) is 1.68. The molecule has 5 nitrogen and oxygen atoms in total. The van der Waals surface area contributed by atoms with E-state index in [9.17, 15) is 0 Å². The van der Waals surface area contributed by atoms with Crippen molar-refractivity contribution in [3.05, 3.63) is 110 Å². The van der Waals surface area contributed by atoms with Crippen LogP contribution in [0, 0.1) is 0 Å². The minimum Gasteiger partial charge on any atom is -0.480 e. The van der Waals surface area contributed by atoms with Crippen molar-refractivity contribution in [2.75, 3.05) is 11.9 Å². The zero-order valence-electron chi connectivity index (χ0n) is 17.1. The molecule has 0 amide bonds. The molecule has 1 aromatic heterocycles. The molecule has 0 fully saturated rings. The highest BCUT2D eigenvalue weighted by Crippen LogP contribution is 2.52. The van der Waals surface area contributed by atoms with E-state index in [0.717, 1.165) is 48.6 Å². The molecular weight excluding hydrogens is 532 g/mol. The van der Waals surface area contributed by atoms with E-state index in [-0.39, 0.29) is 12.1 Å². The molecule has 0 aliphatic carbocycles. The van der Waals surface area contributed by atoms with Crippen molar-refractivity contribution < 1.29 is 4.74 Å². The maximum absolute atomic E-state index is 6.67. The van der Waals surface area contributed by atoms with Gasteiger partial charge in [0.25, 0.3) is 0 Å². The van der Waals surface area contributed by atoms with Gasteiger partial charge in [0.2, 0.25) is 5.95 Å². The molecular formula is C25H18Br2N4O. The van der Waals surface area contributed by atoms with Crippen LogP contribution in [0.3, 0.4) is 0 Å². The number of aromatic nitrogens is 3. The third-order valence-corrected chi connectivity index (χ3v) is 7.09. The number of hydrogen-bond donors (Lipinski definition) is 0. The fourth-order valence-corrected chi connectivity index (χ4v) is 5.16. The summed E-state index contributed by atoms with van der Waals surface area (Å²) in [6.07, 6.45) is 1.36. The summed E-state index contributed by atoms with van der Waals surface area (Å²) in [6.45, 7) is 0. The van der Waals surface area contributed by atoms with Crippen LogP contribution in [0.5, 0.6) is 5.75 Å². The SMILES string of the molecule is CN1C2=C([C@H](c3ccc(Br)cc3)Oc3ccccc32)[C@@H](c2ccc(Br)cc2)n2ncnc21. The van der Waals surface area contributed by atoms with E-state index in [0.29, 0.717) is 0 Å². The molecule has 4 aromatic rings. The van der Waals surface area contributed by atoms with Crippen LogP contribution in [0.1, 0.15) is 28.8 Å². The van der Waals surface area contributed by atoms with Gasteiger partial charge in [-0.05, 0) is 47.5 Å². The molecule has 0 radical (unpaired) electrons. The zero-order chi connectivity index (χ0) is 21.8. The predicted octanol–water partition coefficient (Wildman–Crippen LogP) is 6.39. The Kier molecular flexibility index (Phi) is 4.69. The highest BCUT2D eigenvalue weighted by atomic mass is 79.9. The van der Waals surface area contributed by atoms with Crippen molar-refractivity contribution in [3.8, 4) is 5.75 Å². The summed E-state index contributed by atoms with van der Waals surface area (Å²) in [6, 6.07) is 24.8. The van der Waals surface area contributed by atoms with Crippen molar-refractivity contribution >= 4 is 43.5 Å². The van der Waals surface area contributed by atoms with Gasteiger partial charge in [0.1, 0.15) is 24.2 Å². The Labute approximate surface area is 202 Å². The molecule has 158 valence electrons. The van der Waals surface area contributed by atoms with Crippen LogP contribution in [0.4, 0.5) is 5.95 Å². The fraction of sp³-hybridized carbons (Fsp3) is 0.120. The first kappa shape index (κ1) is 19.8. The number of rotatable bonds is 2. The monoisotopic (exact) mass is 548 g/mol. The van der Waals surface area contributed by atoms with E-state index in [4.69, 9.17) is 4.74 Å². The Hall–Kier alpha value is -2.90. The normalized spacial score (nSPS) is 19.2. The molecule has 3 heterocycles. The second kappa shape index (κ2) is 7.60. The molecule has 7 heteroatoms. The Morgan fingerprint density at radius 3 is 2.22 bits per heavy atom. The Balaban J connectivity index is 1.65. The van der Waals surface area contributed by atoms with Gasteiger partial charge in [-0.3, -0.25) is 0 Å². The number of hydrogen-bond acceptors (Lipinski definition) is 4. The van der Waals surface area contributed by atoms with Crippen molar-refractivity contribution in [1.29, 1.82) is 0 Å². The van der Waals surface area contributed by atoms with E-state index in [1.807, 2.05) is 23.9 Å². The van der Waals surface area contributed by atoms with Crippen LogP contribution in [0.25, 0.3) is 5.70 Å². The van der Waals surface area contributed by atoms with Crippen LogP contribution in [0.15, 0.2) is 93.6 Å². The zero-order valence-corrected chi connectivity index (χ0v) is 20.3. The van der Waals surface area contributed by atoms with Gasteiger partial charge < -0.3 is 9.64 Å². The van der Waals surface area contributed by atoms with Crippen molar-refractivity contribution in [1.82, 2.24) is 14.8 Å². The average molecular weight is 550 g/mol. The van der Waals surface area contributed by atoms with Crippen LogP contribution in [-0.4, -0.2) is 21.8 Å².